The number of rotatable bonds is 3. The highest BCUT2D eigenvalue weighted by molar-refractivity contribution is 5.86. The highest BCUT2D eigenvalue weighted by Crippen LogP contribution is 2.15. The first-order chi connectivity index (χ1) is 7.00. The Kier molecular flexibility index (Phi) is 3.33. The predicted octanol–water partition coefficient (Wildman–Crippen LogP) is 1.85. The Labute approximate surface area is 87.1 Å². The van der Waals surface area contributed by atoms with Crippen molar-refractivity contribution in [1.29, 1.82) is 0 Å². The van der Waals surface area contributed by atoms with E-state index in [2.05, 4.69) is 0 Å². The van der Waals surface area contributed by atoms with E-state index in [-0.39, 0.29) is 23.5 Å². The van der Waals surface area contributed by atoms with E-state index >= 15 is 0 Å². The summed E-state index contributed by atoms with van der Waals surface area (Å²) in [5.74, 6) is -1.26. The Hall–Kier alpha value is -1.97. The average molecular weight is 208 g/mol. The van der Waals surface area contributed by atoms with Gasteiger partial charge in [-0.15, -0.1) is 0 Å². The van der Waals surface area contributed by atoms with Gasteiger partial charge in [-0.1, -0.05) is 12.1 Å². The molecule has 0 aliphatic heterocycles. The molecule has 80 valence electrons. The zero-order valence-electron chi connectivity index (χ0n) is 8.27. The van der Waals surface area contributed by atoms with Crippen LogP contribution in [0.3, 0.4) is 0 Å². The van der Waals surface area contributed by atoms with Crippen LogP contribution in [0.1, 0.15) is 12.5 Å². The molecule has 1 aromatic rings. The van der Waals surface area contributed by atoms with Crippen LogP contribution in [0.2, 0.25) is 0 Å². The molecule has 4 nitrogen and oxygen atoms in total. The number of carboxylic acid groups (broad SMARTS) is 1. The Morgan fingerprint density at radius 1 is 1.33 bits per heavy atom. The molecule has 1 aromatic carbocycles. The van der Waals surface area contributed by atoms with Crippen molar-refractivity contribution in [3.63, 3.8) is 0 Å². The van der Waals surface area contributed by atoms with Crippen LogP contribution in [0.25, 0.3) is 0 Å². The summed E-state index contributed by atoms with van der Waals surface area (Å²) in [5.41, 5.74) is 0.575. The number of aliphatic hydroxyl groups excluding tert-OH is 1. The molecule has 0 heterocycles. The van der Waals surface area contributed by atoms with Crippen molar-refractivity contribution < 1.29 is 20.1 Å². The predicted molar refractivity (Wildman–Crippen MR) is 54.8 cm³/mol. The molecule has 0 aromatic heterocycles. The molecule has 0 amide bonds. The lowest BCUT2D eigenvalue weighted by Crippen LogP contribution is -2.03. The molecule has 0 bridgehead atoms. The summed E-state index contributed by atoms with van der Waals surface area (Å²) in [6.07, 6.45) is 0.104. The molecular formula is C11H12O4. The third-order valence-electron chi connectivity index (χ3n) is 2.04. The fourth-order valence-corrected chi connectivity index (χ4v) is 1.12. The first-order valence-electron chi connectivity index (χ1n) is 4.40. The van der Waals surface area contributed by atoms with Gasteiger partial charge in [0, 0.05) is 6.42 Å². The average Bonchev–Trinajstić information content (AvgIpc) is 2.16. The summed E-state index contributed by atoms with van der Waals surface area (Å²) in [6, 6.07) is 6.32. The first kappa shape index (κ1) is 11.1. The van der Waals surface area contributed by atoms with Gasteiger partial charge in [0.2, 0.25) is 0 Å². The molecule has 0 atom stereocenters. The molecule has 0 radical (unpaired) electrons. The highest BCUT2D eigenvalue weighted by Gasteiger charge is 2.08. The zero-order valence-corrected chi connectivity index (χ0v) is 8.27. The van der Waals surface area contributed by atoms with Crippen LogP contribution in [0.5, 0.6) is 5.75 Å². The Bertz CT molecular complexity index is 407. The van der Waals surface area contributed by atoms with Gasteiger partial charge in [-0.2, -0.15) is 0 Å². The Morgan fingerprint density at radius 3 is 2.53 bits per heavy atom. The van der Waals surface area contributed by atoms with E-state index in [1.54, 1.807) is 12.1 Å². The second-order valence-electron chi connectivity index (χ2n) is 3.22. The lowest BCUT2D eigenvalue weighted by atomic mass is 10.1. The van der Waals surface area contributed by atoms with Crippen molar-refractivity contribution in [3.8, 4) is 5.75 Å². The SMILES string of the molecule is CC(C(=O)O)=C(O)Cc1cccc(O)c1. The molecule has 3 N–H and O–H groups in total. The monoisotopic (exact) mass is 208 g/mol. The molecule has 4 heteroatoms. The Balaban J connectivity index is 2.87. The Morgan fingerprint density at radius 2 is 2.00 bits per heavy atom. The van der Waals surface area contributed by atoms with Gasteiger partial charge in [0.1, 0.15) is 11.5 Å². The number of benzene rings is 1. The van der Waals surface area contributed by atoms with E-state index in [4.69, 9.17) is 10.2 Å². The van der Waals surface area contributed by atoms with Gasteiger partial charge in [-0.05, 0) is 24.6 Å². The van der Waals surface area contributed by atoms with Crippen LogP contribution >= 0.6 is 0 Å². The second-order valence-corrected chi connectivity index (χ2v) is 3.22. The third kappa shape index (κ3) is 3.02. The van der Waals surface area contributed by atoms with Crippen molar-refractivity contribution in [2.75, 3.05) is 0 Å². The maximum Gasteiger partial charge on any atom is 0.334 e. The third-order valence-corrected chi connectivity index (χ3v) is 2.04. The van der Waals surface area contributed by atoms with Crippen LogP contribution in [0.15, 0.2) is 35.6 Å². The number of allylic oxidation sites excluding steroid dienone is 1. The molecular weight excluding hydrogens is 196 g/mol. The first-order valence-corrected chi connectivity index (χ1v) is 4.40. The van der Waals surface area contributed by atoms with Crippen molar-refractivity contribution >= 4 is 5.97 Å². The zero-order chi connectivity index (χ0) is 11.4. The maximum absolute atomic E-state index is 10.5. The van der Waals surface area contributed by atoms with Crippen molar-refractivity contribution in [2.24, 2.45) is 0 Å². The number of carbonyl (C=O) groups is 1. The smallest absolute Gasteiger partial charge is 0.334 e. The van der Waals surface area contributed by atoms with Crippen LogP contribution in [-0.4, -0.2) is 21.3 Å². The highest BCUT2D eigenvalue weighted by atomic mass is 16.4. The summed E-state index contributed by atoms with van der Waals surface area (Å²) in [5, 5.41) is 27.2. The number of hydrogen-bond donors (Lipinski definition) is 3. The van der Waals surface area contributed by atoms with E-state index in [1.165, 1.54) is 19.1 Å². The standard InChI is InChI=1S/C11H12O4/c1-7(11(14)15)10(13)6-8-3-2-4-9(12)5-8/h2-5,12-13H,6H2,1H3,(H,14,15). The number of phenols is 1. The summed E-state index contributed by atoms with van der Waals surface area (Å²) in [7, 11) is 0. The van der Waals surface area contributed by atoms with Gasteiger partial charge >= 0.3 is 5.97 Å². The number of carboxylic acids is 1. The van der Waals surface area contributed by atoms with E-state index in [9.17, 15) is 9.90 Å². The van der Waals surface area contributed by atoms with Crippen molar-refractivity contribution in [2.45, 2.75) is 13.3 Å². The topological polar surface area (TPSA) is 77.8 Å². The number of phenolic OH excluding ortho intramolecular Hbond substituents is 1. The van der Waals surface area contributed by atoms with E-state index in [0.717, 1.165) is 0 Å². The van der Waals surface area contributed by atoms with Gasteiger partial charge in [-0.25, -0.2) is 4.79 Å². The second kappa shape index (κ2) is 4.50. The van der Waals surface area contributed by atoms with E-state index in [1.807, 2.05) is 0 Å². The normalized spacial score (nSPS) is 12.1. The summed E-state index contributed by atoms with van der Waals surface area (Å²) in [6.45, 7) is 1.33. The lowest BCUT2D eigenvalue weighted by Gasteiger charge is -2.03. The van der Waals surface area contributed by atoms with E-state index in [0.29, 0.717) is 5.56 Å². The molecule has 0 aliphatic carbocycles. The van der Waals surface area contributed by atoms with Crippen LogP contribution in [-0.2, 0) is 11.2 Å². The summed E-state index contributed by atoms with van der Waals surface area (Å²) >= 11 is 0. The van der Waals surface area contributed by atoms with Gasteiger partial charge in [0.05, 0.1) is 5.57 Å². The minimum Gasteiger partial charge on any atom is -0.511 e. The van der Waals surface area contributed by atoms with Gasteiger partial charge in [0.15, 0.2) is 0 Å². The van der Waals surface area contributed by atoms with Gasteiger partial charge in [-0.3, -0.25) is 0 Å². The van der Waals surface area contributed by atoms with Crippen LogP contribution < -0.4 is 0 Å². The molecule has 0 saturated carbocycles. The van der Waals surface area contributed by atoms with Crippen molar-refractivity contribution in [1.82, 2.24) is 0 Å². The van der Waals surface area contributed by atoms with Gasteiger partial charge < -0.3 is 15.3 Å². The minimum absolute atomic E-state index is 0.0849. The minimum atomic E-state index is -1.15. The quantitative estimate of drug-likeness (QED) is 0.523. The molecule has 1 rings (SSSR count). The maximum atomic E-state index is 10.5. The van der Waals surface area contributed by atoms with Crippen molar-refractivity contribution in [3.05, 3.63) is 41.2 Å². The molecule has 0 aliphatic rings. The molecule has 0 fully saturated rings. The fraction of sp³-hybridized carbons (Fsp3) is 0.182. The van der Waals surface area contributed by atoms with Gasteiger partial charge in [0.25, 0.3) is 0 Å². The molecule has 0 spiro atoms. The number of aromatic hydroxyl groups is 1. The number of hydrogen-bond acceptors (Lipinski definition) is 3. The molecule has 0 unspecified atom stereocenters. The number of aliphatic hydroxyl groups is 1. The van der Waals surface area contributed by atoms with E-state index < -0.39 is 5.97 Å². The molecule has 15 heavy (non-hydrogen) atoms. The summed E-state index contributed by atoms with van der Waals surface area (Å²) < 4.78 is 0. The largest absolute Gasteiger partial charge is 0.511 e. The fourth-order valence-electron chi connectivity index (χ4n) is 1.12. The van der Waals surface area contributed by atoms with Crippen LogP contribution in [0, 0.1) is 0 Å². The summed E-state index contributed by atoms with van der Waals surface area (Å²) in [4.78, 5) is 10.5. The number of aliphatic carboxylic acids is 1. The van der Waals surface area contributed by atoms with Crippen LogP contribution in [0.4, 0.5) is 0 Å². The lowest BCUT2D eigenvalue weighted by molar-refractivity contribution is -0.132. The molecule has 0 saturated heterocycles.